The fraction of sp³-hybridized carbons (Fsp3) is 0.286. The molecule has 2 N–H and O–H groups in total. The zero-order valence-corrected chi connectivity index (χ0v) is 18.3. The first-order valence-corrected chi connectivity index (χ1v) is 10.3. The molecule has 3 aromatic rings. The van der Waals surface area contributed by atoms with Gasteiger partial charge in [0, 0.05) is 11.3 Å². The Balaban J connectivity index is 1.72. The molecular formula is C21H22N4O5S. The first kappa shape index (κ1) is 22.2. The van der Waals surface area contributed by atoms with Gasteiger partial charge in [-0.3, -0.25) is 10.1 Å². The normalized spacial score (nSPS) is 11.1. The van der Waals surface area contributed by atoms with Crippen LogP contribution in [0.2, 0.25) is 0 Å². The predicted molar refractivity (Wildman–Crippen MR) is 118 cm³/mol. The molecule has 10 heteroatoms. The fourth-order valence-electron chi connectivity index (χ4n) is 2.53. The van der Waals surface area contributed by atoms with E-state index in [2.05, 4.69) is 25.3 Å². The molecule has 9 nitrogen and oxygen atoms in total. The topological polar surface area (TPSA) is 120 Å². The number of carbonyl (C=O) groups excluding carboxylic acids is 3. The largest absolute Gasteiger partial charge is 0.459 e. The van der Waals surface area contributed by atoms with E-state index >= 15 is 0 Å². The molecule has 2 aromatic heterocycles. The van der Waals surface area contributed by atoms with Gasteiger partial charge in [-0.05, 0) is 52.0 Å². The number of carbonyl (C=O) groups is 3. The van der Waals surface area contributed by atoms with Crippen molar-refractivity contribution >= 4 is 50.5 Å². The van der Waals surface area contributed by atoms with Crippen molar-refractivity contribution < 1.29 is 23.9 Å². The summed E-state index contributed by atoms with van der Waals surface area (Å²) < 4.78 is 9.89. The van der Waals surface area contributed by atoms with Crippen molar-refractivity contribution in [1.82, 2.24) is 9.97 Å². The van der Waals surface area contributed by atoms with E-state index in [1.165, 1.54) is 11.3 Å². The van der Waals surface area contributed by atoms with Crippen molar-refractivity contribution in [3.8, 4) is 11.3 Å². The summed E-state index contributed by atoms with van der Waals surface area (Å²) in [5.41, 5.74) is 2.02. The molecule has 0 fully saturated rings. The smallest absolute Gasteiger partial charge is 0.413 e. The van der Waals surface area contributed by atoms with Gasteiger partial charge in [0.1, 0.15) is 15.9 Å². The van der Waals surface area contributed by atoms with Crippen LogP contribution >= 0.6 is 11.3 Å². The third-order valence-corrected chi connectivity index (χ3v) is 4.64. The molecule has 0 radical (unpaired) electrons. The van der Waals surface area contributed by atoms with Crippen LogP contribution in [0.4, 0.5) is 15.6 Å². The van der Waals surface area contributed by atoms with Crippen LogP contribution in [-0.4, -0.2) is 40.1 Å². The number of rotatable bonds is 4. The maximum Gasteiger partial charge on any atom is 0.413 e. The number of pyridine rings is 1. The van der Waals surface area contributed by atoms with E-state index in [1.807, 2.05) is 12.1 Å². The summed E-state index contributed by atoms with van der Waals surface area (Å²) in [6.07, 6.45) is -0.577. The van der Waals surface area contributed by atoms with E-state index in [9.17, 15) is 14.4 Å². The molecule has 0 spiro atoms. The lowest BCUT2D eigenvalue weighted by Crippen LogP contribution is -2.27. The average Bonchev–Trinajstić information content (AvgIpc) is 3.08. The van der Waals surface area contributed by atoms with E-state index in [-0.39, 0.29) is 6.61 Å². The molecule has 0 bridgehead atoms. The van der Waals surface area contributed by atoms with Crippen molar-refractivity contribution in [3.63, 3.8) is 0 Å². The van der Waals surface area contributed by atoms with Crippen LogP contribution in [0.5, 0.6) is 0 Å². The SMILES string of the molecule is CCOC(=O)C(=O)Nc1ccc(-c2ccc3nc(NC(=O)OC(C)(C)C)sc3n2)cc1. The van der Waals surface area contributed by atoms with Gasteiger partial charge < -0.3 is 14.8 Å². The summed E-state index contributed by atoms with van der Waals surface area (Å²) in [6, 6.07) is 10.5. The second-order valence-electron chi connectivity index (χ2n) is 7.42. The molecule has 3 rings (SSSR count). The van der Waals surface area contributed by atoms with Crippen molar-refractivity contribution in [2.24, 2.45) is 0 Å². The molecule has 2 amide bonds. The number of esters is 1. The van der Waals surface area contributed by atoms with Crippen LogP contribution in [0.25, 0.3) is 21.6 Å². The zero-order valence-electron chi connectivity index (χ0n) is 17.5. The van der Waals surface area contributed by atoms with Crippen LogP contribution in [0.3, 0.4) is 0 Å². The highest BCUT2D eigenvalue weighted by Crippen LogP contribution is 2.28. The molecule has 0 unspecified atom stereocenters. The molecule has 0 saturated carbocycles. The first-order chi connectivity index (χ1) is 14.6. The summed E-state index contributed by atoms with van der Waals surface area (Å²) in [7, 11) is 0. The molecular weight excluding hydrogens is 420 g/mol. The van der Waals surface area contributed by atoms with Crippen LogP contribution in [0.1, 0.15) is 27.7 Å². The van der Waals surface area contributed by atoms with Crippen molar-refractivity contribution in [3.05, 3.63) is 36.4 Å². The second-order valence-corrected chi connectivity index (χ2v) is 8.40. The van der Waals surface area contributed by atoms with Gasteiger partial charge in [0.25, 0.3) is 0 Å². The second kappa shape index (κ2) is 9.09. The van der Waals surface area contributed by atoms with Gasteiger partial charge in [0.2, 0.25) is 0 Å². The average molecular weight is 442 g/mol. The fourth-order valence-corrected chi connectivity index (χ4v) is 3.35. The highest BCUT2D eigenvalue weighted by molar-refractivity contribution is 7.21. The Labute approximate surface area is 182 Å². The van der Waals surface area contributed by atoms with Gasteiger partial charge in [-0.2, -0.15) is 0 Å². The lowest BCUT2D eigenvalue weighted by Gasteiger charge is -2.18. The maximum absolute atomic E-state index is 11.9. The highest BCUT2D eigenvalue weighted by atomic mass is 32.1. The number of fused-ring (bicyclic) bond motifs is 1. The number of thiazole rings is 1. The van der Waals surface area contributed by atoms with Gasteiger partial charge in [-0.25, -0.2) is 19.6 Å². The highest BCUT2D eigenvalue weighted by Gasteiger charge is 2.18. The zero-order chi connectivity index (χ0) is 22.6. The number of nitrogens with zero attached hydrogens (tertiary/aromatic N) is 2. The van der Waals surface area contributed by atoms with E-state index in [1.54, 1.807) is 52.0 Å². The van der Waals surface area contributed by atoms with Crippen molar-refractivity contribution in [2.45, 2.75) is 33.3 Å². The van der Waals surface area contributed by atoms with Crippen molar-refractivity contribution in [2.75, 3.05) is 17.2 Å². The Morgan fingerprint density at radius 1 is 1.00 bits per heavy atom. The van der Waals surface area contributed by atoms with Crippen LogP contribution < -0.4 is 10.6 Å². The molecule has 0 aliphatic carbocycles. The molecule has 0 aliphatic heterocycles. The van der Waals surface area contributed by atoms with Gasteiger partial charge >= 0.3 is 18.0 Å². The minimum Gasteiger partial charge on any atom is -0.459 e. The van der Waals surface area contributed by atoms with Gasteiger partial charge in [0.05, 0.1) is 12.3 Å². The standard InChI is InChI=1S/C21H22N4O5S/c1-5-29-18(27)16(26)22-13-8-6-12(7-9-13)14-10-11-15-17(23-14)31-19(24-15)25-20(28)30-21(2,3)4/h6-11H,5H2,1-4H3,(H,22,26)(H,24,25,28). The Morgan fingerprint density at radius 3 is 2.35 bits per heavy atom. The number of benzene rings is 1. The summed E-state index contributed by atoms with van der Waals surface area (Å²) in [6.45, 7) is 7.11. The van der Waals surface area contributed by atoms with Gasteiger partial charge in [-0.1, -0.05) is 23.5 Å². The molecule has 0 saturated heterocycles. The predicted octanol–water partition coefficient (Wildman–Crippen LogP) is 4.21. The molecule has 0 atom stereocenters. The molecule has 0 aliphatic rings. The summed E-state index contributed by atoms with van der Waals surface area (Å²) in [5.74, 6) is -1.76. The summed E-state index contributed by atoms with van der Waals surface area (Å²) in [4.78, 5) is 44.7. The lowest BCUT2D eigenvalue weighted by molar-refractivity contribution is -0.152. The number of aromatic nitrogens is 2. The van der Waals surface area contributed by atoms with Gasteiger partial charge in [0.15, 0.2) is 5.13 Å². The van der Waals surface area contributed by atoms with Gasteiger partial charge in [-0.15, -0.1) is 0 Å². The number of anilines is 2. The summed E-state index contributed by atoms with van der Waals surface area (Å²) in [5, 5.41) is 5.49. The lowest BCUT2D eigenvalue weighted by atomic mass is 10.1. The number of ether oxygens (including phenoxy) is 2. The summed E-state index contributed by atoms with van der Waals surface area (Å²) >= 11 is 1.24. The number of amides is 2. The Bertz CT molecular complexity index is 1120. The quantitative estimate of drug-likeness (QED) is 0.459. The number of nitrogens with one attached hydrogen (secondary N) is 2. The van der Waals surface area contributed by atoms with E-state index in [0.717, 1.165) is 5.56 Å². The first-order valence-electron chi connectivity index (χ1n) is 9.51. The van der Waals surface area contributed by atoms with E-state index in [0.29, 0.717) is 26.9 Å². The minimum absolute atomic E-state index is 0.131. The third kappa shape index (κ3) is 5.98. The minimum atomic E-state index is -0.931. The monoisotopic (exact) mass is 442 g/mol. The molecule has 2 heterocycles. The third-order valence-electron chi connectivity index (χ3n) is 3.76. The maximum atomic E-state index is 11.9. The van der Waals surface area contributed by atoms with E-state index in [4.69, 9.17) is 4.74 Å². The van der Waals surface area contributed by atoms with Crippen LogP contribution in [0, 0.1) is 0 Å². The Morgan fingerprint density at radius 2 is 1.71 bits per heavy atom. The van der Waals surface area contributed by atoms with Crippen LogP contribution in [0.15, 0.2) is 36.4 Å². The molecule has 162 valence electrons. The Hall–Kier alpha value is -3.53. The molecule has 31 heavy (non-hydrogen) atoms. The molecule has 1 aromatic carbocycles. The number of hydrogen-bond donors (Lipinski definition) is 2. The van der Waals surface area contributed by atoms with Crippen molar-refractivity contribution in [1.29, 1.82) is 0 Å². The Kier molecular flexibility index (Phi) is 6.50. The van der Waals surface area contributed by atoms with E-state index < -0.39 is 23.6 Å². The number of hydrogen-bond acceptors (Lipinski definition) is 8. The van der Waals surface area contributed by atoms with Crippen LogP contribution in [-0.2, 0) is 19.1 Å².